The Morgan fingerprint density at radius 3 is 1.59 bits per heavy atom. The standard InChI is InChI=1S/C62H80N14O19/c1-32(2)52(75-59(91)47-10-7-23-76(47)61(93)40(63)27-37-29-65-31-67-37)60(92)66-30-49(80)69-41(19-21-48(64)79)54(86)68-33(3)53(85)71-45(28-51(83)84)58(90)73-44(25-35-11-15-38(77)16-12-35)57(89)72-43(24-34-8-5-4-6-9-34)56(88)70-42(20-22-50(81)82)55(87)74-46(62(94)95)26-36-13-17-39(78)18-14-36/h4-6,8-9,11-18,29,31-33,40-47,52,77-78H,7,10,19-28,30,63H2,1-3H3,(H2,64,79)(H,65,67)(H,66,92)(H,68,86)(H,69,80)(H,70,88)(H,71,85)(H,72,89)(H,73,90)(H,74,87)(H,75,91)(H,81,82)(H,83,84)(H,94,95)/t33-,40-,41-,42-,43-,44-,45-,46-,47-,52-/m0/s1. The van der Waals surface area contributed by atoms with Gasteiger partial charge in [-0.05, 0) is 79.5 Å². The fraction of sp³-hybridized carbons (Fsp3) is 0.435. The average Bonchev–Trinajstić information content (AvgIpc) is 1.79. The van der Waals surface area contributed by atoms with Crippen LogP contribution in [0.15, 0.2) is 91.4 Å². The highest BCUT2D eigenvalue weighted by Crippen LogP contribution is 2.21. The largest absolute Gasteiger partial charge is 0.508 e. The number of carboxylic acid groups (broad SMARTS) is 3. The Labute approximate surface area is 544 Å². The molecule has 95 heavy (non-hydrogen) atoms. The van der Waals surface area contributed by atoms with Gasteiger partial charge in [0.05, 0.1) is 25.3 Å². The Kier molecular flexibility index (Phi) is 28.6. The van der Waals surface area contributed by atoms with E-state index in [1.54, 1.807) is 44.2 Å². The molecule has 3 aromatic carbocycles. The Balaban J connectivity index is 1.28. The van der Waals surface area contributed by atoms with Crippen molar-refractivity contribution >= 4 is 82.9 Å². The third-order valence-electron chi connectivity index (χ3n) is 15.1. The van der Waals surface area contributed by atoms with Crippen LogP contribution >= 0.6 is 0 Å². The van der Waals surface area contributed by atoms with Gasteiger partial charge < -0.3 is 94.7 Å². The Morgan fingerprint density at radius 1 is 0.568 bits per heavy atom. The summed E-state index contributed by atoms with van der Waals surface area (Å²) in [5.74, 6) is -16.1. The number of aromatic hydroxyl groups is 2. The van der Waals surface area contributed by atoms with Crippen molar-refractivity contribution in [3.05, 3.63) is 114 Å². The molecule has 1 aliphatic heterocycles. The van der Waals surface area contributed by atoms with Crippen LogP contribution in [0.4, 0.5) is 0 Å². The van der Waals surface area contributed by atoms with Crippen LogP contribution in [0.2, 0.25) is 0 Å². The van der Waals surface area contributed by atoms with Crippen LogP contribution in [0.1, 0.15) is 88.1 Å². The number of hydrogen-bond donors (Lipinski definition) is 17. The highest BCUT2D eigenvalue weighted by molar-refractivity contribution is 5.99. The summed E-state index contributed by atoms with van der Waals surface area (Å²) in [4.78, 5) is 195. The number of benzene rings is 3. The molecule has 0 spiro atoms. The van der Waals surface area contributed by atoms with E-state index in [-0.39, 0.29) is 49.3 Å². The number of rotatable bonds is 37. The molecule has 4 aromatic rings. The molecule has 1 aromatic heterocycles. The van der Waals surface area contributed by atoms with Gasteiger partial charge in [-0.15, -0.1) is 0 Å². The lowest BCUT2D eigenvalue weighted by Gasteiger charge is -2.29. The number of aromatic nitrogens is 2. The number of phenols is 2. The number of aromatic amines is 1. The van der Waals surface area contributed by atoms with E-state index in [1.807, 2.05) is 0 Å². The van der Waals surface area contributed by atoms with Crippen molar-refractivity contribution in [2.45, 2.75) is 152 Å². The van der Waals surface area contributed by atoms with Gasteiger partial charge in [-0.25, -0.2) is 9.78 Å². The third kappa shape index (κ3) is 24.5. The van der Waals surface area contributed by atoms with Gasteiger partial charge in [0.2, 0.25) is 65.0 Å². The van der Waals surface area contributed by atoms with E-state index in [0.717, 1.165) is 6.92 Å². The zero-order valence-electron chi connectivity index (χ0n) is 52.2. The minimum Gasteiger partial charge on any atom is -0.508 e. The first-order chi connectivity index (χ1) is 45.0. The number of carbonyl (C=O) groups is 14. The fourth-order valence-corrected chi connectivity index (χ4v) is 9.99. The lowest BCUT2D eigenvalue weighted by molar-refractivity contribution is -0.143. The predicted molar refractivity (Wildman–Crippen MR) is 333 cm³/mol. The van der Waals surface area contributed by atoms with Gasteiger partial charge in [-0.2, -0.15) is 0 Å². The van der Waals surface area contributed by atoms with Crippen LogP contribution in [0.5, 0.6) is 11.5 Å². The quantitative estimate of drug-likeness (QED) is 0.0211. The van der Waals surface area contributed by atoms with Crippen molar-refractivity contribution in [2.75, 3.05) is 13.1 Å². The van der Waals surface area contributed by atoms with Crippen LogP contribution in [-0.2, 0) is 92.8 Å². The second-order valence-corrected chi connectivity index (χ2v) is 23.0. The Morgan fingerprint density at radius 2 is 1.06 bits per heavy atom. The number of nitrogens with zero attached hydrogens (tertiary/aromatic N) is 2. The van der Waals surface area contributed by atoms with Crippen LogP contribution in [0.25, 0.3) is 0 Å². The SMILES string of the molecule is CC(C)[C@H](NC(=O)[C@@H]1CCCN1C(=O)[C@@H](N)Cc1cnc[nH]1)C(=O)NCC(=O)N[C@@H](CCC(N)=O)C(=O)N[C@@H](C)C(=O)N[C@@H](CC(=O)O)C(=O)N[C@@H](Cc1ccc(O)cc1)C(=O)N[C@@H](Cc1ccccc1)C(=O)N[C@@H](CCC(=O)O)C(=O)N[C@@H](Cc1ccc(O)cc1)C(=O)O. The van der Waals surface area contributed by atoms with Gasteiger partial charge in [0.25, 0.3) is 0 Å². The molecule has 1 fully saturated rings. The van der Waals surface area contributed by atoms with Crippen molar-refractivity contribution in [3.63, 3.8) is 0 Å². The first-order valence-corrected chi connectivity index (χ1v) is 30.3. The minimum absolute atomic E-state index is 0.117. The highest BCUT2D eigenvalue weighted by atomic mass is 16.4. The van der Waals surface area contributed by atoms with E-state index in [4.69, 9.17) is 11.5 Å². The monoisotopic (exact) mass is 1320 g/mol. The summed E-state index contributed by atoms with van der Waals surface area (Å²) in [7, 11) is 0. The molecule has 5 rings (SSSR count). The van der Waals surface area contributed by atoms with Crippen LogP contribution < -0.4 is 59.3 Å². The molecule has 0 bridgehead atoms. The number of carbonyl (C=O) groups excluding carboxylic acids is 11. The summed E-state index contributed by atoms with van der Waals surface area (Å²) >= 11 is 0. The highest BCUT2D eigenvalue weighted by Gasteiger charge is 2.40. The van der Waals surface area contributed by atoms with Gasteiger partial charge in [-0.3, -0.25) is 62.3 Å². The Bertz CT molecular complexity index is 3370. The molecular formula is C62H80N14O19. The van der Waals surface area contributed by atoms with Gasteiger partial charge in [0, 0.05) is 57.0 Å². The van der Waals surface area contributed by atoms with E-state index in [2.05, 4.69) is 57.8 Å². The molecular weight excluding hydrogens is 1240 g/mol. The van der Waals surface area contributed by atoms with Crippen LogP contribution in [0.3, 0.4) is 0 Å². The topological polar surface area (TPSA) is 532 Å². The molecule has 33 heteroatoms. The van der Waals surface area contributed by atoms with Crippen LogP contribution in [0, 0.1) is 5.92 Å². The number of hydrogen-bond acceptors (Lipinski definition) is 18. The van der Waals surface area contributed by atoms with E-state index < -0.39 is 194 Å². The van der Waals surface area contributed by atoms with Gasteiger partial charge in [-0.1, -0.05) is 68.4 Å². The summed E-state index contributed by atoms with van der Waals surface area (Å²) in [6.07, 6.45) is -0.523. The number of primary amides is 1. The smallest absolute Gasteiger partial charge is 0.326 e. The zero-order valence-corrected chi connectivity index (χ0v) is 52.2. The van der Waals surface area contributed by atoms with Crippen molar-refractivity contribution in [2.24, 2.45) is 17.4 Å². The molecule has 0 unspecified atom stereocenters. The number of H-pyrrole nitrogens is 1. The molecule has 10 atom stereocenters. The number of amides is 11. The van der Waals surface area contributed by atoms with Crippen molar-refractivity contribution in [1.29, 1.82) is 0 Å². The maximum Gasteiger partial charge on any atom is 0.326 e. The van der Waals surface area contributed by atoms with Crippen molar-refractivity contribution in [1.82, 2.24) is 62.7 Å². The lowest BCUT2D eigenvalue weighted by atomic mass is 10.0. The van der Waals surface area contributed by atoms with Crippen molar-refractivity contribution in [3.8, 4) is 11.5 Å². The number of likely N-dealkylation sites (tertiary alicyclic amines) is 1. The maximum atomic E-state index is 14.6. The second kappa shape index (κ2) is 36.3. The summed E-state index contributed by atoms with van der Waals surface area (Å²) in [5.41, 5.74) is 13.2. The van der Waals surface area contributed by atoms with Gasteiger partial charge >= 0.3 is 17.9 Å². The average molecular weight is 1330 g/mol. The minimum atomic E-state index is -2.01. The predicted octanol–water partition coefficient (Wildman–Crippen LogP) is -3.23. The first-order valence-electron chi connectivity index (χ1n) is 30.3. The fourth-order valence-electron chi connectivity index (χ4n) is 9.99. The molecule has 1 aliphatic rings. The van der Waals surface area contributed by atoms with E-state index in [1.165, 1.54) is 66.0 Å². The zero-order chi connectivity index (χ0) is 70.1. The molecule has 11 amide bonds. The number of nitrogens with one attached hydrogen (secondary N) is 10. The molecule has 33 nitrogen and oxygen atoms in total. The number of aliphatic carboxylic acids is 3. The molecule has 0 aliphatic carbocycles. The van der Waals surface area contributed by atoms with Crippen LogP contribution in [-0.4, -0.2) is 197 Å². The summed E-state index contributed by atoms with van der Waals surface area (Å²) in [5, 5.41) is 70.8. The molecule has 0 saturated carbocycles. The number of carboxylic acids is 3. The molecule has 512 valence electrons. The van der Waals surface area contributed by atoms with Gasteiger partial charge in [0.15, 0.2) is 0 Å². The first kappa shape index (κ1) is 74.7. The second-order valence-electron chi connectivity index (χ2n) is 23.0. The molecule has 2 heterocycles. The third-order valence-corrected chi connectivity index (χ3v) is 15.1. The maximum absolute atomic E-state index is 14.6. The number of imidazole rings is 1. The van der Waals surface area contributed by atoms with E-state index >= 15 is 0 Å². The molecule has 1 saturated heterocycles. The van der Waals surface area contributed by atoms with Gasteiger partial charge in [0.1, 0.15) is 65.9 Å². The number of phenolic OH excluding ortho intramolecular Hbond substituents is 2. The normalized spacial score (nSPS) is 15.5. The summed E-state index contributed by atoms with van der Waals surface area (Å²) in [6, 6.07) is 3.48. The molecule has 0 radical (unpaired) electrons. The van der Waals surface area contributed by atoms with Crippen molar-refractivity contribution < 1.29 is 92.7 Å². The summed E-state index contributed by atoms with van der Waals surface area (Å²) in [6.45, 7) is 3.82. The Hall–Kier alpha value is -11.0. The van der Waals surface area contributed by atoms with E-state index in [0.29, 0.717) is 23.2 Å². The van der Waals surface area contributed by atoms with E-state index in [9.17, 15) is 92.7 Å². The molecule has 19 N–H and O–H groups in total. The lowest BCUT2D eigenvalue weighted by Crippen LogP contribution is -2.60. The number of nitrogens with two attached hydrogens (primary N) is 2. The summed E-state index contributed by atoms with van der Waals surface area (Å²) < 4.78 is 0.